The van der Waals surface area contributed by atoms with Crippen LogP contribution in [-0.4, -0.2) is 5.78 Å². The molecule has 0 saturated heterocycles. The average molecular weight is 178 g/mol. The SMILES string of the molecule is C/C=C1\CC[C@@H]2CC(=O)CC[C@]12C. The Labute approximate surface area is 80.2 Å². The molecule has 0 heterocycles. The van der Waals surface area contributed by atoms with E-state index in [0.717, 1.165) is 19.3 Å². The molecule has 0 bridgehead atoms. The van der Waals surface area contributed by atoms with Crippen molar-refractivity contribution in [1.82, 2.24) is 0 Å². The van der Waals surface area contributed by atoms with Crippen LogP contribution in [-0.2, 0) is 4.79 Å². The fraction of sp³-hybridized carbons (Fsp3) is 0.750. The molecule has 2 rings (SSSR count). The monoisotopic (exact) mass is 178 g/mol. The molecule has 2 atom stereocenters. The smallest absolute Gasteiger partial charge is 0.133 e. The van der Waals surface area contributed by atoms with Crippen molar-refractivity contribution in [2.45, 2.75) is 46.0 Å². The van der Waals surface area contributed by atoms with Crippen LogP contribution in [0.1, 0.15) is 46.0 Å². The second kappa shape index (κ2) is 2.97. The first-order chi connectivity index (χ1) is 6.16. The number of fused-ring (bicyclic) bond motifs is 1. The minimum Gasteiger partial charge on any atom is -0.300 e. The quantitative estimate of drug-likeness (QED) is 0.521. The van der Waals surface area contributed by atoms with Gasteiger partial charge in [-0.15, -0.1) is 0 Å². The molecule has 13 heavy (non-hydrogen) atoms. The van der Waals surface area contributed by atoms with Gasteiger partial charge in [-0.1, -0.05) is 18.6 Å². The fourth-order valence-electron chi connectivity index (χ4n) is 3.14. The molecule has 72 valence electrons. The molecule has 0 radical (unpaired) electrons. The standard InChI is InChI=1S/C12H18O/c1-3-9-4-5-10-8-11(13)6-7-12(9,10)2/h3,10H,4-8H2,1-2H3/b9-3+/t10-,12-/m1/s1. The molecule has 0 aromatic rings. The molecule has 0 aromatic heterocycles. The van der Waals surface area contributed by atoms with Crippen LogP contribution in [0.15, 0.2) is 11.6 Å². The third-order valence-electron chi connectivity index (χ3n) is 4.14. The largest absolute Gasteiger partial charge is 0.300 e. The molecule has 2 fully saturated rings. The van der Waals surface area contributed by atoms with E-state index in [2.05, 4.69) is 19.9 Å². The van der Waals surface area contributed by atoms with Gasteiger partial charge < -0.3 is 0 Å². The molecule has 1 heteroatoms. The topological polar surface area (TPSA) is 17.1 Å². The van der Waals surface area contributed by atoms with Gasteiger partial charge in [0.1, 0.15) is 5.78 Å². The number of carbonyl (C=O) groups excluding carboxylic acids is 1. The van der Waals surface area contributed by atoms with Gasteiger partial charge in [-0.25, -0.2) is 0 Å². The van der Waals surface area contributed by atoms with Gasteiger partial charge in [-0.3, -0.25) is 4.79 Å². The second-order valence-corrected chi connectivity index (χ2v) is 4.71. The average Bonchev–Trinajstić information content (AvgIpc) is 2.42. The Bertz CT molecular complexity index is 264. The lowest BCUT2D eigenvalue weighted by molar-refractivity contribution is -0.123. The summed E-state index contributed by atoms with van der Waals surface area (Å²) in [7, 11) is 0. The van der Waals surface area contributed by atoms with Crippen molar-refractivity contribution in [3.8, 4) is 0 Å². The van der Waals surface area contributed by atoms with Crippen LogP contribution < -0.4 is 0 Å². The number of ketones is 1. The zero-order valence-electron chi connectivity index (χ0n) is 8.60. The highest BCUT2D eigenvalue weighted by Gasteiger charge is 2.45. The van der Waals surface area contributed by atoms with Crippen LogP contribution in [0.3, 0.4) is 0 Å². The molecule has 0 spiro atoms. The van der Waals surface area contributed by atoms with Gasteiger partial charge in [0, 0.05) is 12.8 Å². The van der Waals surface area contributed by atoms with Crippen molar-refractivity contribution in [2.75, 3.05) is 0 Å². The van der Waals surface area contributed by atoms with Crippen LogP contribution in [0.5, 0.6) is 0 Å². The Morgan fingerprint density at radius 2 is 2.23 bits per heavy atom. The number of carbonyl (C=O) groups is 1. The molecule has 0 amide bonds. The van der Waals surface area contributed by atoms with Crippen molar-refractivity contribution < 1.29 is 4.79 Å². The van der Waals surface area contributed by atoms with Gasteiger partial charge in [0.2, 0.25) is 0 Å². The van der Waals surface area contributed by atoms with Crippen LogP contribution in [0.25, 0.3) is 0 Å². The molecule has 0 N–H and O–H groups in total. The predicted octanol–water partition coefficient (Wildman–Crippen LogP) is 3.10. The van der Waals surface area contributed by atoms with Gasteiger partial charge in [-0.05, 0) is 37.5 Å². The number of allylic oxidation sites excluding steroid dienone is 2. The highest BCUT2D eigenvalue weighted by molar-refractivity contribution is 5.80. The first-order valence-corrected chi connectivity index (χ1v) is 5.34. The molecular formula is C12H18O. The van der Waals surface area contributed by atoms with Crippen molar-refractivity contribution in [2.24, 2.45) is 11.3 Å². The molecule has 0 unspecified atom stereocenters. The Kier molecular flexibility index (Phi) is 2.05. The number of Topliss-reactive ketones (excluding diaryl/α,β-unsaturated/α-hetero) is 1. The maximum atomic E-state index is 11.3. The Morgan fingerprint density at radius 3 is 2.92 bits per heavy atom. The summed E-state index contributed by atoms with van der Waals surface area (Å²) in [5.74, 6) is 1.14. The molecule has 1 nitrogen and oxygen atoms in total. The Balaban J connectivity index is 2.26. The van der Waals surface area contributed by atoms with E-state index in [1.54, 1.807) is 5.57 Å². The van der Waals surface area contributed by atoms with Gasteiger partial charge in [0.25, 0.3) is 0 Å². The van der Waals surface area contributed by atoms with E-state index < -0.39 is 0 Å². The lowest BCUT2D eigenvalue weighted by atomic mass is 9.67. The fourth-order valence-corrected chi connectivity index (χ4v) is 3.14. The first kappa shape index (κ1) is 8.98. The van der Waals surface area contributed by atoms with Gasteiger partial charge in [0.05, 0.1) is 0 Å². The van der Waals surface area contributed by atoms with Crippen molar-refractivity contribution in [3.63, 3.8) is 0 Å². The van der Waals surface area contributed by atoms with Crippen molar-refractivity contribution in [3.05, 3.63) is 11.6 Å². The third-order valence-corrected chi connectivity index (χ3v) is 4.14. The summed E-state index contributed by atoms with van der Waals surface area (Å²) < 4.78 is 0. The summed E-state index contributed by atoms with van der Waals surface area (Å²) in [6.07, 6.45) is 7.48. The summed E-state index contributed by atoms with van der Waals surface area (Å²) in [6, 6.07) is 0. The van der Waals surface area contributed by atoms with E-state index in [9.17, 15) is 4.79 Å². The maximum Gasteiger partial charge on any atom is 0.133 e. The van der Waals surface area contributed by atoms with Crippen molar-refractivity contribution in [1.29, 1.82) is 0 Å². The lowest BCUT2D eigenvalue weighted by Gasteiger charge is -2.36. The second-order valence-electron chi connectivity index (χ2n) is 4.71. The Hall–Kier alpha value is -0.590. The maximum absolute atomic E-state index is 11.3. The van der Waals surface area contributed by atoms with E-state index in [1.807, 2.05) is 0 Å². The highest BCUT2D eigenvalue weighted by atomic mass is 16.1. The summed E-state index contributed by atoms with van der Waals surface area (Å²) in [5, 5.41) is 0. The third kappa shape index (κ3) is 1.25. The summed E-state index contributed by atoms with van der Waals surface area (Å²) in [4.78, 5) is 11.3. The van der Waals surface area contributed by atoms with E-state index in [-0.39, 0.29) is 0 Å². The molecular weight excluding hydrogens is 160 g/mol. The minimum absolute atomic E-state index is 0.378. The zero-order valence-corrected chi connectivity index (χ0v) is 8.60. The normalized spacial score (nSPS) is 42.5. The zero-order chi connectivity index (χ0) is 9.47. The van der Waals surface area contributed by atoms with Crippen LogP contribution in [0, 0.1) is 11.3 Å². The Morgan fingerprint density at radius 1 is 1.46 bits per heavy atom. The molecule has 0 aromatic carbocycles. The van der Waals surface area contributed by atoms with E-state index in [4.69, 9.17) is 0 Å². The van der Waals surface area contributed by atoms with E-state index in [1.165, 1.54) is 12.8 Å². The molecule has 2 aliphatic rings. The minimum atomic E-state index is 0.378. The summed E-state index contributed by atoms with van der Waals surface area (Å²) in [5.41, 5.74) is 1.98. The summed E-state index contributed by atoms with van der Waals surface area (Å²) in [6.45, 7) is 4.49. The van der Waals surface area contributed by atoms with Crippen LogP contribution in [0.2, 0.25) is 0 Å². The van der Waals surface area contributed by atoms with Crippen molar-refractivity contribution >= 4 is 5.78 Å². The predicted molar refractivity (Wildman–Crippen MR) is 53.4 cm³/mol. The molecule has 2 saturated carbocycles. The van der Waals surface area contributed by atoms with Crippen LogP contribution in [0.4, 0.5) is 0 Å². The molecule has 0 aliphatic heterocycles. The number of hydrogen-bond acceptors (Lipinski definition) is 1. The molecule has 2 aliphatic carbocycles. The van der Waals surface area contributed by atoms with E-state index in [0.29, 0.717) is 17.1 Å². The first-order valence-electron chi connectivity index (χ1n) is 5.34. The summed E-state index contributed by atoms with van der Waals surface area (Å²) >= 11 is 0. The van der Waals surface area contributed by atoms with E-state index >= 15 is 0 Å². The number of rotatable bonds is 0. The van der Waals surface area contributed by atoms with Gasteiger partial charge in [-0.2, -0.15) is 0 Å². The van der Waals surface area contributed by atoms with Gasteiger partial charge in [0.15, 0.2) is 0 Å². The van der Waals surface area contributed by atoms with Crippen LogP contribution >= 0.6 is 0 Å². The lowest BCUT2D eigenvalue weighted by Crippen LogP contribution is -2.31. The number of hydrogen-bond donors (Lipinski definition) is 0. The van der Waals surface area contributed by atoms with Gasteiger partial charge >= 0.3 is 0 Å². The highest BCUT2D eigenvalue weighted by Crippen LogP contribution is 2.54.